The van der Waals surface area contributed by atoms with Gasteiger partial charge in [-0.15, -0.1) is 12.4 Å². The van der Waals surface area contributed by atoms with Gasteiger partial charge >= 0.3 is 0 Å². The van der Waals surface area contributed by atoms with Crippen molar-refractivity contribution in [3.63, 3.8) is 0 Å². The molecule has 1 aromatic rings. The van der Waals surface area contributed by atoms with Crippen molar-refractivity contribution >= 4 is 22.4 Å². The molecule has 0 aliphatic carbocycles. The van der Waals surface area contributed by atoms with Crippen LogP contribution < -0.4 is 10.5 Å². The van der Waals surface area contributed by atoms with Crippen LogP contribution in [0.4, 0.5) is 8.78 Å². The fourth-order valence-electron chi connectivity index (χ4n) is 1.09. The second-order valence-corrected chi connectivity index (χ2v) is 6.07. The monoisotopic (exact) mass is 300 g/mol. The lowest BCUT2D eigenvalue weighted by Gasteiger charge is -2.19. The Bertz CT molecular complexity index is 495. The van der Waals surface area contributed by atoms with E-state index in [1.54, 1.807) is 13.8 Å². The highest BCUT2D eigenvalue weighted by Crippen LogP contribution is 2.18. The van der Waals surface area contributed by atoms with Gasteiger partial charge in [0.15, 0.2) is 4.90 Å². The Hall–Kier alpha value is -0.760. The first-order chi connectivity index (χ1) is 7.63. The molecule has 0 radical (unpaired) electrons. The maximum absolute atomic E-state index is 13.3. The molecule has 0 aliphatic rings. The van der Waals surface area contributed by atoms with Crippen molar-refractivity contribution in [2.75, 3.05) is 6.54 Å². The number of halogens is 3. The molecular weight excluding hydrogens is 286 g/mol. The zero-order valence-electron chi connectivity index (χ0n) is 9.91. The number of nitrogens with one attached hydrogen (secondary N) is 1. The summed E-state index contributed by atoms with van der Waals surface area (Å²) in [5.41, 5.74) is 4.77. The van der Waals surface area contributed by atoms with E-state index in [1.807, 2.05) is 0 Å². The third-order valence-electron chi connectivity index (χ3n) is 1.91. The fraction of sp³-hybridized carbons (Fsp3) is 0.400. The van der Waals surface area contributed by atoms with E-state index in [9.17, 15) is 17.2 Å². The van der Waals surface area contributed by atoms with E-state index in [4.69, 9.17) is 5.73 Å². The number of sulfonamides is 1. The highest BCUT2D eigenvalue weighted by molar-refractivity contribution is 7.89. The van der Waals surface area contributed by atoms with Crippen LogP contribution in [0.3, 0.4) is 0 Å². The third-order valence-corrected chi connectivity index (χ3v) is 3.36. The molecule has 0 aliphatic heterocycles. The van der Waals surface area contributed by atoms with Gasteiger partial charge in [-0.05, 0) is 26.0 Å². The highest BCUT2D eigenvalue weighted by Gasteiger charge is 2.25. The highest BCUT2D eigenvalue weighted by atomic mass is 35.5. The number of benzene rings is 1. The minimum Gasteiger partial charge on any atom is -0.324 e. The molecule has 0 atom stereocenters. The molecule has 1 rings (SSSR count). The molecule has 1 aromatic carbocycles. The molecule has 0 saturated heterocycles. The van der Waals surface area contributed by atoms with Crippen molar-refractivity contribution in [3.8, 4) is 0 Å². The van der Waals surface area contributed by atoms with Crippen LogP contribution in [0.2, 0.25) is 0 Å². The second-order valence-electron chi connectivity index (χ2n) is 4.36. The molecule has 0 amide bonds. The fourth-order valence-corrected chi connectivity index (χ4v) is 2.45. The largest absolute Gasteiger partial charge is 0.324 e. The SMILES string of the molecule is CC(C)(N)CNS(=O)(=O)c1c(F)cccc1F.Cl. The molecule has 4 nitrogen and oxygen atoms in total. The lowest BCUT2D eigenvalue weighted by molar-refractivity contribution is 0.484. The van der Waals surface area contributed by atoms with Gasteiger partial charge in [-0.2, -0.15) is 0 Å². The molecule has 0 spiro atoms. The minimum atomic E-state index is -4.23. The second kappa shape index (κ2) is 5.92. The molecule has 0 fully saturated rings. The summed E-state index contributed by atoms with van der Waals surface area (Å²) in [6.45, 7) is 3.06. The Labute approximate surface area is 111 Å². The van der Waals surface area contributed by atoms with Gasteiger partial charge in [0, 0.05) is 12.1 Å². The van der Waals surface area contributed by atoms with E-state index in [0.717, 1.165) is 18.2 Å². The first kappa shape index (κ1) is 17.2. The van der Waals surface area contributed by atoms with Crippen LogP contribution in [-0.2, 0) is 10.0 Å². The number of rotatable bonds is 4. The van der Waals surface area contributed by atoms with E-state index in [1.165, 1.54) is 0 Å². The average molecular weight is 301 g/mol. The Morgan fingerprint density at radius 3 is 2.11 bits per heavy atom. The molecule has 0 unspecified atom stereocenters. The topological polar surface area (TPSA) is 72.2 Å². The van der Waals surface area contributed by atoms with Crippen molar-refractivity contribution in [1.29, 1.82) is 0 Å². The van der Waals surface area contributed by atoms with E-state index in [0.29, 0.717) is 0 Å². The predicted octanol–water partition coefficient (Wildman–Crippen LogP) is 1.40. The minimum absolute atomic E-state index is 0. The van der Waals surface area contributed by atoms with Crippen LogP contribution in [0.1, 0.15) is 13.8 Å². The summed E-state index contributed by atoms with van der Waals surface area (Å²) in [5.74, 6) is -2.26. The molecular formula is C10H15ClF2N2O2S. The van der Waals surface area contributed by atoms with E-state index in [-0.39, 0.29) is 19.0 Å². The Morgan fingerprint density at radius 1 is 1.28 bits per heavy atom. The summed E-state index contributed by atoms with van der Waals surface area (Å²) < 4.78 is 52.0. The zero-order chi connectivity index (χ0) is 13.3. The normalized spacial score (nSPS) is 12.1. The number of hydrogen-bond donors (Lipinski definition) is 2. The smallest absolute Gasteiger partial charge is 0.246 e. The van der Waals surface area contributed by atoms with Gasteiger partial charge in [-0.3, -0.25) is 0 Å². The number of nitrogens with two attached hydrogens (primary N) is 1. The van der Waals surface area contributed by atoms with Crippen LogP contribution >= 0.6 is 12.4 Å². The van der Waals surface area contributed by atoms with Gasteiger partial charge in [0.2, 0.25) is 10.0 Å². The van der Waals surface area contributed by atoms with Crippen LogP contribution in [0, 0.1) is 11.6 Å². The van der Waals surface area contributed by atoms with Crippen molar-refractivity contribution in [1.82, 2.24) is 4.72 Å². The summed E-state index contributed by atoms with van der Waals surface area (Å²) in [6.07, 6.45) is 0. The standard InChI is InChI=1S/C10H14F2N2O2S.ClH/c1-10(2,13)6-14-17(15,16)9-7(11)4-3-5-8(9)12;/h3-5,14H,6,13H2,1-2H3;1H. The Morgan fingerprint density at radius 2 is 1.72 bits per heavy atom. The lowest BCUT2D eigenvalue weighted by atomic mass is 10.1. The molecule has 0 aromatic heterocycles. The van der Waals surface area contributed by atoms with E-state index in [2.05, 4.69) is 4.72 Å². The first-order valence-electron chi connectivity index (χ1n) is 4.86. The summed E-state index contributed by atoms with van der Waals surface area (Å²) in [6, 6.07) is 2.85. The van der Waals surface area contributed by atoms with Crippen molar-refractivity contribution in [2.24, 2.45) is 5.73 Å². The maximum Gasteiger partial charge on any atom is 0.246 e. The van der Waals surface area contributed by atoms with Gasteiger partial charge in [0.05, 0.1) is 0 Å². The van der Waals surface area contributed by atoms with Gasteiger partial charge in [0.25, 0.3) is 0 Å². The summed E-state index contributed by atoms with van der Waals surface area (Å²) in [4.78, 5) is -0.982. The van der Waals surface area contributed by atoms with Crippen LogP contribution in [0.5, 0.6) is 0 Å². The molecule has 3 N–H and O–H groups in total. The average Bonchev–Trinajstić information content (AvgIpc) is 2.13. The molecule has 0 bridgehead atoms. The van der Waals surface area contributed by atoms with Gasteiger partial charge in [-0.1, -0.05) is 6.07 Å². The summed E-state index contributed by atoms with van der Waals surface area (Å²) in [5, 5.41) is 0. The maximum atomic E-state index is 13.3. The summed E-state index contributed by atoms with van der Waals surface area (Å²) >= 11 is 0. The molecule has 8 heteroatoms. The van der Waals surface area contributed by atoms with Crippen LogP contribution in [0.15, 0.2) is 23.1 Å². The molecule has 0 heterocycles. The predicted molar refractivity (Wildman–Crippen MR) is 67.1 cm³/mol. The van der Waals surface area contributed by atoms with Crippen molar-refractivity contribution < 1.29 is 17.2 Å². The molecule has 104 valence electrons. The van der Waals surface area contributed by atoms with Gasteiger partial charge in [0.1, 0.15) is 11.6 Å². The lowest BCUT2D eigenvalue weighted by Crippen LogP contribution is -2.45. The van der Waals surface area contributed by atoms with Gasteiger partial charge in [-0.25, -0.2) is 21.9 Å². The van der Waals surface area contributed by atoms with Crippen LogP contribution in [0.25, 0.3) is 0 Å². The van der Waals surface area contributed by atoms with Crippen LogP contribution in [-0.4, -0.2) is 20.5 Å². The Kier molecular flexibility index (Phi) is 5.67. The quantitative estimate of drug-likeness (QED) is 0.883. The van der Waals surface area contributed by atoms with E-state index < -0.39 is 32.1 Å². The third kappa shape index (κ3) is 4.49. The van der Waals surface area contributed by atoms with Crippen molar-refractivity contribution in [2.45, 2.75) is 24.3 Å². The van der Waals surface area contributed by atoms with Crippen molar-refractivity contribution in [3.05, 3.63) is 29.8 Å². The molecule has 18 heavy (non-hydrogen) atoms. The first-order valence-corrected chi connectivity index (χ1v) is 6.34. The summed E-state index contributed by atoms with van der Waals surface area (Å²) in [7, 11) is -4.23. The molecule has 0 saturated carbocycles. The zero-order valence-corrected chi connectivity index (χ0v) is 11.5. The van der Waals surface area contributed by atoms with Gasteiger partial charge < -0.3 is 5.73 Å². The number of hydrogen-bond acceptors (Lipinski definition) is 3. The van der Waals surface area contributed by atoms with E-state index >= 15 is 0 Å². The Balaban J connectivity index is 0.00000289.